The smallest absolute Gasteiger partial charge is 0.319 e. The van der Waals surface area contributed by atoms with Gasteiger partial charge in [0.1, 0.15) is 5.25 Å². The van der Waals surface area contributed by atoms with E-state index in [-0.39, 0.29) is 16.8 Å². The molecule has 4 rings (SSSR count). The normalized spacial score (nSPS) is 20.9. The molecule has 0 bridgehead atoms. The van der Waals surface area contributed by atoms with E-state index in [0.717, 1.165) is 39.3 Å². The summed E-state index contributed by atoms with van der Waals surface area (Å²) in [6, 6.07) is 7.37. The molecule has 3 heterocycles. The highest BCUT2D eigenvalue weighted by Crippen LogP contribution is 2.28. The predicted octanol–water partition coefficient (Wildman–Crippen LogP) is 1.53. The molecule has 1 atom stereocenters. The van der Waals surface area contributed by atoms with Gasteiger partial charge in [-0.15, -0.1) is 0 Å². The first-order chi connectivity index (χ1) is 13.2. The first kappa shape index (κ1) is 18.5. The zero-order valence-corrected chi connectivity index (χ0v) is 16.0. The van der Waals surface area contributed by atoms with Gasteiger partial charge in [-0.3, -0.25) is 19.1 Å². The third-order valence-corrected chi connectivity index (χ3v) is 6.16. The third-order valence-electron chi connectivity index (χ3n) is 4.92. The van der Waals surface area contributed by atoms with E-state index >= 15 is 0 Å². The molecule has 0 saturated carbocycles. The number of cyclic esters (lactones) is 1. The number of rotatable bonds is 6. The van der Waals surface area contributed by atoms with Crippen LogP contribution in [0.5, 0.6) is 0 Å². The number of ether oxygens (including phenoxy) is 2. The zero-order valence-electron chi connectivity index (χ0n) is 15.1. The molecule has 0 amide bonds. The van der Waals surface area contributed by atoms with E-state index < -0.39 is 0 Å². The summed E-state index contributed by atoms with van der Waals surface area (Å²) in [4.78, 5) is 32.0. The number of nitrogens with zero attached hydrogens (tertiary/aromatic N) is 3. The largest absolute Gasteiger partial charge is 0.465 e. The van der Waals surface area contributed by atoms with E-state index in [9.17, 15) is 9.59 Å². The Hall–Kier alpha value is -1.90. The van der Waals surface area contributed by atoms with Crippen LogP contribution < -0.4 is 5.56 Å². The van der Waals surface area contributed by atoms with E-state index in [4.69, 9.17) is 9.47 Å². The highest BCUT2D eigenvalue weighted by atomic mass is 32.2. The van der Waals surface area contributed by atoms with E-state index in [1.165, 1.54) is 11.8 Å². The third kappa shape index (κ3) is 4.17. The molecule has 144 valence electrons. The van der Waals surface area contributed by atoms with Crippen molar-refractivity contribution in [1.82, 2.24) is 14.5 Å². The second-order valence-electron chi connectivity index (χ2n) is 6.74. The summed E-state index contributed by atoms with van der Waals surface area (Å²) in [5, 5.41) is 0.926. The Bertz CT molecular complexity index is 879. The van der Waals surface area contributed by atoms with Crippen molar-refractivity contribution in [1.29, 1.82) is 0 Å². The number of fused-ring (bicyclic) bond motifs is 1. The maximum absolute atomic E-state index is 13.0. The van der Waals surface area contributed by atoms with Gasteiger partial charge in [0.25, 0.3) is 5.56 Å². The lowest BCUT2D eigenvalue weighted by Gasteiger charge is -2.26. The Kier molecular flexibility index (Phi) is 5.75. The minimum absolute atomic E-state index is 0.0450. The van der Waals surface area contributed by atoms with Crippen LogP contribution in [0.4, 0.5) is 0 Å². The zero-order chi connectivity index (χ0) is 18.6. The van der Waals surface area contributed by atoms with Gasteiger partial charge in [-0.2, -0.15) is 0 Å². The molecule has 2 aromatic rings. The average molecular weight is 389 g/mol. The van der Waals surface area contributed by atoms with Gasteiger partial charge in [-0.05, 0) is 18.6 Å². The molecule has 1 aromatic heterocycles. The van der Waals surface area contributed by atoms with Gasteiger partial charge in [0.15, 0.2) is 5.16 Å². The molecule has 1 aromatic carbocycles. The molecule has 2 aliphatic rings. The number of thioether (sulfide) groups is 1. The van der Waals surface area contributed by atoms with Crippen molar-refractivity contribution in [2.75, 3.05) is 39.5 Å². The molecule has 7 nitrogen and oxygen atoms in total. The van der Waals surface area contributed by atoms with Gasteiger partial charge in [-0.25, -0.2) is 4.98 Å². The maximum atomic E-state index is 13.0. The molecule has 2 fully saturated rings. The van der Waals surface area contributed by atoms with Crippen LogP contribution in [-0.2, 0) is 20.8 Å². The van der Waals surface area contributed by atoms with Gasteiger partial charge in [0.05, 0.1) is 30.7 Å². The number of carbonyl (C=O) groups excluding carboxylic acids is 1. The first-order valence-corrected chi connectivity index (χ1v) is 10.2. The molecule has 0 aliphatic carbocycles. The number of para-hydroxylation sites is 1. The monoisotopic (exact) mass is 389 g/mol. The second kappa shape index (κ2) is 8.41. The van der Waals surface area contributed by atoms with Crippen molar-refractivity contribution >= 4 is 28.6 Å². The number of carbonyl (C=O) groups is 1. The SMILES string of the molecule is O=C1OCC[C@H]1Sc1nc2ccccc2c(=O)n1CCCN1CCOCC1. The van der Waals surface area contributed by atoms with Crippen LogP contribution in [0.1, 0.15) is 12.8 Å². The van der Waals surface area contributed by atoms with Crippen molar-refractivity contribution in [2.24, 2.45) is 0 Å². The summed E-state index contributed by atoms with van der Waals surface area (Å²) in [6.45, 7) is 5.33. The van der Waals surface area contributed by atoms with Gasteiger partial charge >= 0.3 is 5.97 Å². The summed E-state index contributed by atoms with van der Waals surface area (Å²) in [6.07, 6.45) is 1.50. The second-order valence-corrected chi connectivity index (χ2v) is 7.91. The highest BCUT2D eigenvalue weighted by Gasteiger charge is 2.29. The lowest BCUT2D eigenvalue weighted by atomic mass is 10.2. The summed E-state index contributed by atoms with van der Waals surface area (Å²) < 4.78 is 12.2. The summed E-state index contributed by atoms with van der Waals surface area (Å²) in [5.41, 5.74) is 0.622. The molecule has 0 unspecified atom stereocenters. The maximum Gasteiger partial charge on any atom is 0.319 e. The number of aromatic nitrogens is 2. The Labute approximate surface area is 161 Å². The fraction of sp³-hybridized carbons (Fsp3) is 0.526. The Balaban J connectivity index is 1.57. The Morgan fingerprint density at radius 1 is 1.11 bits per heavy atom. The molecule has 8 heteroatoms. The molecule has 0 spiro atoms. The number of esters is 1. The minimum atomic E-state index is -0.288. The van der Waals surface area contributed by atoms with Crippen LogP contribution >= 0.6 is 11.8 Å². The molecular weight excluding hydrogens is 366 g/mol. The number of morpholine rings is 1. The molecule has 27 heavy (non-hydrogen) atoms. The first-order valence-electron chi connectivity index (χ1n) is 9.35. The van der Waals surface area contributed by atoms with Gasteiger partial charge in [0, 0.05) is 32.6 Å². The van der Waals surface area contributed by atoms with Gasteiger partial charge in [-0.1, -0.05) is 23.9 Å². The van der Waals surface area contributed by atoms with Crippen LogP contribution in [-0.4, -0.2) is 65.1 Å². The molecular formula is C19H23N3O4S. The van der Waals surface area contributed by atoms with Crippen LogP contribution in [0, 0.1) is 0 Å². The van der Waals surface area contributed by atoms with Crippen LogP contribution in [0.25, 0.3) is 10.9 Å². The van der Waals surface area contributed by atoms with Crippen molar-refractivity contribution in [3.8, 4) is 0 Å². The van der Waals surface area contributed by atoms with Crippen LogP contribution in [0.3, 0.4) is 0 Å². The topological polar surface area (TPSA) is 73.7 Å². The Morgan fingerprint density at radius 2 is 1.93 bits per heavy atom. The van der Waals surface area contributed by atoms with E-state index in [0.29, 0.717) is 35.6 Å². The van der Waals surface area contributed by atoms with Crippen molar-refractivity contribution in [3.63, 3.8) is 0 Å². The van der Waals surface area contributed by atoms with E-state index in [1.807, 2.05) is 18.2 Å². The number of hydrogen-bond acceptors (Lipinski definition) is 7. The average Bonchev–Trinajstić information content (AvgIpc) is 3.10. The van der Waals surface area contributed by atoms with Crippen LogP contribution in [0.15, 0.2) is 34.2 Å². The van der Waals surface area contributed by atoms with Gasteiger partial charge in [0.2, 0.25) is 0 Å². The number of hydrogen-bond donors (Lipinski definition) is 0. The van der Waals surface area contributed by atoms with Crippen molar-refractivity contribution in [2.45, 2.75) is 29.8 Å². The molecule has 0 N–H and O–H groups in total. The van der Waals surface area contributed by atoms with Crippen molar-refractivity contribution in [3.05, 3.63) is 34.6 Å². The summed E-state index contributed by atoms with van der Waals surface area (Å²) >= 11 is 1.34. The molecule has 0 radical (unpaired) electrons. The van der Waals surface area contributed by atoms with E-state index in [2.05, 4.69) is 9.88 Å². The summed E-state index contributed by atoms with van der Waals surface area (Å²) in [5.74, 6) is -0.220. The fourth-order valence-electron chi connectivity index (χ4n) is 3.42. The van der Waals surface area contributed by atoms with Crippen LogP contribution in [0.2, 0.25) is 0 Å². The van der Waals surface area contributed by atoms with E-state index in [1.54, 1.807) is 10.6 Å². The minimum Gasteiger partial charge on any atom is -0.465 e. The Morgan fingerprint density at radius 3 is 2.70 bits per heavy atom. The lowest BCUT2D eigenvalue weighted by Crippen LogP contribution is -2.37. The summed E-state index contributed by atoms with van der Waals surface area (Å²) in [7, 11) is 0. The fourth-order valence-corrected chi connectivity index (χ4v) is 4.51. The highest BCUT2D eigenvalue weighted by molar-refractivity contribution is 8.00. The quantitative estimate of drug-likeness (QED) is 0.548. The molecule has 2 saturated heterocycles. The molecule has 2 aliphatic heterocycles. The van der Waals surface area contributed by atoms with Crippen molar-refractivity contribution < 1.29 is 14.3 Å². The predicted molar refractivity (Wildman–Crippen MR) is 103 cm³/mol. The lowest BCUT2D eigenvalue weighted by molar-refractivity contribution is -0.137. The standard InChI is InChI=1S/C19H23N3O4S/c23-17-14-4-1-2-5-15(14)20-19(27-16-6-11-26-18(16)24)22(17)8-3-7-21-9-12-25-13-10-21/h1-2,4-5,16H,3,6-13H2/t16-/m1/s1. The van der Waals surface area contributed by atoms with Gasteiger partial charge < -0.3 is 9.47 Å². The number of benzene rings is 1.